The molecule has 0 fully saturated rings. The fourth-order valence-corrected chi connectivity index (χ4v) is 8.86. The molecule has 0 unspecified atom stereocenters. The SMILES string of the molecule is CC(C)c1cc(C(C)C)c(S(=O)(=O)N=[S@](=O)(CC(=O)OC/C=C/c2ccc([N+](=O)[O-])cc2)c2ccccc2)c(C(C)C)c1. The Kier molecular flexibility index (Phi) is 11.0. The number of carbonyl (C=O) groups is 1. The highest BCUT2D eigenvalue weighted by atomic mass is 32.3. The molecule has 11 heteroatoms. The molecular formula is C32H38N2O7S2. The average molecular weight is 627 g/mol. The summed E-state index contributed by atoms with van der Waals surface area (Å²) >= 11 is 0. The van der Waals surface area contributed by atoms with E-state index >= 15 is 0 Å². The van der Waals surface area contributed by atoms with Crippen molar-refractivity contribution in [1.29, 1.82) is 0 Å². The fraction of sp³-hybridized carbons (Fsp3) is 0.344. The summed E-state index contributed by atoms with van der Waals surface area (Å²) in [4.78, 5) is 23.3. The van der Waals surface area contributed by atoms with Gasteiger partial charge in [-0.1, -0.05) is 78.0 Å². The molecule has 0 aromatic heterocycles. The fourth-order valence-electron chi connectivity index (χ4n) is 4.40. The first kappa shape index (κ1) is 33.7. The summed E-state index contributed by atoms with van der Waals surface area (Å²) in [5.74, 6) is -1.79. The van der Waals surface area contributed by atoms with Crippen molar-refractivity contribution in [2.45, 2.75) is 69.1 Å². The summed E-state index contributed by atoms with van der Waals surface area (Å²) in [6.45, 7) is 11.5. The Bertz CT molecular complexity index is 1690. The maximum Gasteiger partial charge on any atom is 0.320 e. The lowest BCUT2D eigenvalue weighted by atomic mass is 9.89. The molecule has 0 heterocycles. The molecule has 9 nitrogen and oxygen atoms in total. The second-order valence-corrected chi connectivity index (χ2v) is 15.1. The summed E-state index contributed by atoms with van der Waals surface area (Å²) in [5, 5.41) is 10.8. The monoisotopic (exact) mass is 626 g/mol. The van der Waals surface area contributed by atoms with Crippen LogP contribution < -0.4 is 0 Å². The van der Waals surface area contributed by atoms with Crippen LogP contribution in [-0.2, 0) is 29.3 Å². The van der Waals surface area contributed by atoms with Crippen molar-refractivity contribution in [3.05, 3.63) is 105 Å². The van der Waals surface area contributed by atoms with Gasteiger partial charge in [0.1, 0.15) is 22.1 Å². The number of nitro benzene ring substituents is 1. The van der Waals surface area contributed by atoms with Crippen LogP contribution in [0, 0.1) is 10.1 Å². The maximum atomic E-state index is 14.3. The van der Waals surface area contributed by atoms with Crippen molar-refractivity contribution in [2.75, 3.05) is 12.4 Å². The number of rotatable bonds is 12. The second kappa shape index (κ2) is 14.1. The van der Waals surface area contributed by atoms with Gasteiger partial charge in [0.15, 0.2) is 0 Å². The average Bonchev–Trinajstić information content (AvgIpc) is 2.94. The molecular weight excluding hydrogens is 588 g/mol. The summed E-state index contributed by atoms with van der Waals surface area (Å²) in [5.41, 5.74) is 2.79. The number of ether oxygens (including phenoxy) is 1. The van der Waals surface area contributed by atoms with E-state index in [2.05, 4.69) is 3.77 Å². The molecule has 0 bridgehead atoms. The molecule has 0 radical (unpaired) electrons. The number of hydrogen-bond acceptors (Lipinski definition) is 7. The summed E-state index contributed by atoms with van der Waals surface area (Å²) < 4.78 is 51.7. The third kappa shape index (κ3) is 8.61. The molecule has 3 aromatic carbocycles. The number of sulfonamides is 1. The Balaban J connectivity index is 2.00. The van der Waals surface area contributed by atoms with E-state index in [9.17, 15) is 27.5 Å². The number of non-ortho nitro benzene ring substituents is 1. The normalized spacial score (nSPS) is 13.4. The van der Waals surface area contributed by atoms with Crippen molar-refractivity contribution in [1.82, 2.24) is 0 Å². The van der Waals surface area contributed by atoms with Gasteiger partial charge in [0.2, 0.25) is 0 Å². The lowest BCUT2D eigenvalue weighted by Crippen LogP contribution is -2.21. The minimum atomic E-state index is -4.50. The van der Waals surface area contributed by atoms with E-state index in [0.29, 0.717) is 16.7 Å². The van der Waals surface area contributed by atoms with E-state index < -0.39 is 36.4 Å². The molecule has 0 N–H and O–H groups in total. The molecule has 3 aromatic rings. The molecule has 0 aliphatic rings. The van der Waals surface area contributed by atoms with Gasteiger partial charge >= 0.3 is 5.97 Å². The van der Waals surface area contributed by atoms with Crippen LogP contribution in [0.2, 0.25) is 0 Å². The Hall–Kier alpha value is -3.83. The molecule has 3 rings (SSSR count). The third-order valence-corrected chi connectivity index (χ3v) is 11.1. The van der Waals surface area contributed by atoms with E-state index in [4.69, 9.17) is 4.74 Å². The van der Waals surface area contributed by atoms with Crippen LogP contribution in [0.5, 0.6) is 0 Å². The van der Waals surface area contributed by atoms with Crippen LogP contribution in [0.1, 0.15) is 81.5 Å². The van der Waals surface area contributed by atoms with Crippen molar-refractivity contribution < 1.29 is 27.1 Å². The molecule has 0 spiro atoms. The van der Waals surface area contributed by atoms with Gasteiger partial charge < -0.3 is 4.74 Å². The quantitative estimate of drug-likeness (QED) is 0.116. The Morgan fingerprint density at radius 2 is 1.44 bits per heavy atom. The van der Waals surface area contributed by atoms with Crippen LogP contribution in [0.15, 0.2) is 86.4 Å². The number of carbonyl (C=O) groups excluding carboxylic acids is 1. The molecule has 1 atom stereocenters. The number of nitro groups is 1. The van der Waals surface area contributed by atoms with Gasteiger partial charge in [0.05, 0.1) is 9.82 Å². The topological polar surface area (TPSA) is 133 Å². The first-order valence-corrected chi connectivity index (χ1v) is 17.1. The zero-order chi connectivity index (χ0) is 31.9. The van der Waals surface area contributed by atoms with E-state index in [0.717, 1.165) is 5.56 Å². The van der Waals surface area contributed by atoms with Crippen LogP contribution in [0.3, 0.4) is 0 Å². The van der Waals surface area contributed by atoms with Crippen LogP contribution in [0.4, 0.5) is 5.69 Å². The summed E-state index contributed by atoms with van der Waals surface area (Å²) in [7, 11) is -8.31. The molecule has 0 aliphatic carbocycles. The molecule has 230 valence electrons. The molecule has 0 aliphatic heterocycles. The number of esters is 1. The Labute approximate surface area is 254 Å². The Morgan fingerprint density at radius 1 is 0.884 bits per heavy atom. The zero-order valence-corrected chi connectivity index (χ0v) is 26.9. The highest BCUT2D eigenvalue weighted by molar-refractivity contribution is 8.03. The van der Waals surface area contributed by atoms with E-state index in [1.165, 1.54) is 30.3 Å². The van der Waals surface area contributed by atoms with Crippen molar-refractivity contribution in [3.8, 4) is 0 Å². The smallest absolute Gasteiger partial charge is 0.320 e. The van der Waals surface area contributed by atoms with Gasteiger partial charge in [-0.3, -0.25) is 14.9 Å². The van der Waals surface area contributed by atoms with Crippen LogP contribution in [0.25, 0.3) is 6.08 Å². The minimum absolute atomic E-state index is 0.0324. The van der Waals surface area contributed by atoms with Gasteiger partial charge in [-0.25, -0.2) is 4.21 Å². The van der Waals surface area contributed by atoms with Crippen molar-refractivity contribution in [3.63, 3.8) is 0 Å². The second-order valence-electron chi connectivity index (χ2n) is 11.1. The van der Waals surface area contributed by atoms with Gasteiger partial charge in [0.25, 0.3) is 15.7 Å². The molecule has 0 saturated heterocycles. The van der Waals surface area contributed by atoms with Gasteiger partial charge in [-0.05, 0) is 70.3 Å². The van der Waals surface area contributed by atoms with Crippen molar-refractivity contribution >= 4 is 37.5 Å². The maximum absolute atomic E-state index is 14.3. The van der Waals surface area contributed by atoms with E-state index in [1.807, 2.05) is 53.7 Å². The number of nitrogens with zero attached hydrogens (tertiary/aromatic N) is 2. The van der Waals surface area contributed by atoms with Gasteiger partial charge in [-0.2, -0.15) is 8.42 Å². The first-order valence-electron chi connectivity index (χ1n) is 13.9. The van der Waals surface area contributed by atoms with E-state index in [-0.39, 0.29) is 39.8 Å². The molecule has 0 saturated carbocycles. The van der Waals surface area contributed by atoms with Crippen LogP contribution >= 0.6 is 0 Å². The largest absolute Gasteiger partial charge is 0.461 e. The Morgan fingerprint density at radius 3 is 1.93 bits per heavy atom. The van der Waals surface area contributed by atoms with Gasteiger partial charge in [-0.15, -0.1) is 3.77 Å². The van der Waals surface area contributed by atoms with Crippen LogP contribution in [-0.4, -0.2) is 35.9 Å². The third-order valence-electron chi connectivity index (χ3n) is 6.74. The molecule has 0 amide bonds. The predicted molar refractivity (Wildman–Crippen MR) is 169 cm³/mol. The summed E-state index contributed by atoms with van der Waals surface area (Å²) in [6.07, 6.45) is 3.14. The number of hydrogen-bond donors (Lipinski definition) is 0. The standard InChI is InChI=1S/C32H38N2O7S2/c1-22(2)26-19-29(23(3)4)32(30(20-26)24(5)6)43(39,40)33-42(38,28-12-8-7-9-13-28)21-31(35)41-18-10-11-25-14-16-27(17-15-25)34(36)37/h7-17,19-20,22-24H,18,21H2,1-6H3/b11-10+/t42-/m0/s1. The lowest BCUT2D eigenvalue weighted by molar-refractivity contribution is -0.384. The van der Waals surface area contributed by atoms with E-state index in [1.54, 1.807) is 36.4 Å². The molecule has 43 heavy (non-hydrogen) atoms. The van der Waals surface area contributed by atoms with Gasteiger partial charge in [0, 0.05) is 17.0 Å². The van der Waals surface area contributed by atoms with Crippen molar-refractivity contribution in [2.24, 2.45) is 3.77 Å². The predicted octanol–water partition coefficient (Wildman–Crippen LogP) is 7.44. The highest BCUT2D eigenvalue weighted by Crippen LogP contribution is 2.37. The number of benzene rings is 3. The summed E-state index contributed by atoms with van der Waals surface area (Å²) in [6, 6.07) is 17.4. The highest BCUT2D eigenvalue weighted by Gasteiger charge is 2.30. The lowest BCUT2D eigenvalue weighted by Gasteiger charge is -2.22. The minimum Gasteiger partial charge on any atom is -0.461 e. The zero-order valence-electron chi connectivity index (χ0n) is 25.2. The first-order chi connectivity index (χ1) is 20.1.